The van der Waals surface area contributed by atoms with E-state index >= 15 is 0 Å². The van der Waals surface area contributed by atoms with Crippen LogP contribution in [0.15, 0.2) is 24.3 Å². The molecular formula is C22H26N2O6. The van der Waals surface area contributed by atoms with Gasteiger partial charge in [-0.05, 0) is 57.0 Å². The smallest absolute Gasteiger partial charge is 0.355 e. The number of esters is 2. The van der Waals surface area contributed by atoms with Crippen LogP contribution in [0.1, 0.15) is 69.2 Å². The lowest BCUT2D eigenvalue weighted by Gasteiger charge is -2.07. The van der Waals surface area contributed by atoms with Gasteiger partial charge in [-0.25, -0.2) is 9.59 Å². The molecule has 0 aliphatic heterocycles. The first-order chi connectivity index (χ1) is 14.3. The molecule has 30 heavy (non-hydrogen) atoms. The van der Waals surface area contributed by atoms with Crippen molar-refractivity contribution in [3.8, 4) is 0 Å². The van der Waals surface area contributed by atoms with Gasteiger partial charge in [-0.2, -0.15) is 0 Å². The summed E-state index contributed by atoms with van der Waals surface area (Å²) in [5.41, 5.74) is 2.24. The Morgan fingerprint density at radius 3 is 2.23 bits per heavy atom. The number of carbonyl (C=O) groups is 4. The third-order valence-corrected chi connectivity index (χ3v) is 4.42. The lowest BCUT2D eigenvalue weighted by atomic mass is 10.1. The summed E-state index contributed by atoms with van der Waals surface area (Å²) in [7, 11) is 0. The van der Waals surface area contributed by atoms with Crippen molar-refractivity contribution < 1.29 is 28.7 Å². The number of anilines is 1. The topological polar surface area (TPSA) is 115 Å². The maximum absolute atomic E-state index is 12.4. The van der Waals surface area contributed by atoms with Crippen molar-refractivity contribution in [2.45, 2.75) is 40.5 Å². The molecule has 1 aromatic heterocycles. The van der Waals surface area contributed by atoms with Gasteiger partial charge in [-0.15, -0.1) is 0 Å². The van der Waals surface area contributed by atoms with Crippen LogP contribution in [-0.4, -0.2) is 41.8 Å². The highest BCUT2D eigenvalue weighted by molar-refractivity contribution is 6.01. The number of ketones is 1. The maximum Gasteiger partial charge on any atom is 0.355 e. The van der Waals surface area contributed by atoms with Crippen LogP contribution in [-0.2, 0) is 14.3 Å². The van der Waals surface area contributed by atoms with Crippen LogP contribution < -0.4 is 5.32 Å². The standard InChI is InChI=1S/C22H26N2O6/c1-5-7-18(26)24-16-10-8-15(9-11-16)17(25)12-30-22(28)20-13(3)19(14(4)23-20)21(27)29-6-2/h8-11,23H,5-7,12H2,1-4H3,(H,24,26). The number of H-pyrrole nitrogens is 1. The summed E-state index contributed by atoms with van der Waals surface area (Å²) in [6.07, 6.45) is 1.17. The summed E-state index contributed by atoms with van der Waals surface area (Å²) in [4.78, 5) is 51.2. The molecule has 0 unspecified atom stereocenters. The lowest BCUT2D eigenvalue weighted by Crippen LogP contribution is -2.16. The molecular weight excluding hydrogens is 388 g/mol. The highest BCUT2D eigenvalue weighted by atomic mass is 16.5. The molecule has 1 aromatic carbocycles. The molecule has 2 rings (SSSR count). The molecule has 2 aromatic rings. The van der Waals surface area contributed by atoms with Crippen molar-refractivity contribution >= 4 is 29.3 Å². The molecule has 0 aliphatic carbocycles. The predicted octanol–water partition coefficient (Wildman–Crippen LogP) is 3.59. The van der Waals surface area contributed by atoms with Gasteiger partial charge < -0.3 is 19.8 Å². The molecule has 0 fully saturated rings. The molecule has 1 amide bonds. The monoisotopic (exact) mass is 414 g/mol. The number of carbonyl (C=O) groups excluding carboxylic acids is 4. The number of ether oxygens (including phenoxy) is 2. The first-order valence-corrected chi connectivity index (χ1v) is 9.74. The third kappa shape index (κ3) is 5.56. The first-order valence-electron chi connectivity index (χ1n) is 9.74. The van der Waals surface area contributed by atoms with E-state index in [4.69, 9.17) is 9.47 Å². The zero-order chi connectivity index (χ0) is 22.3. The summed E-state index contributed by atoms with van der Waals surface area (Å²) >= 11 is 0. The van der Waals surface area contributed by atoms with Gasteiger partial charge in [0.25, 0.3) is 0 Å². The number of aromatic amines is 1. The fraction of sp³-hybridized carbons (Fsp3) is 0.364. The van der Waals surface area contributed by atoms with E-state index in [-0.39, 0.29) is 29.6 Å². The quantitative estimate of drug-likeness (QED) is 0.479. The average Bonchev–Trinajstić information content (AvgIpc) is 3.01. The molecule has 8 nitrogen and oxygen atoms in total. The van der Waals surface area contributed by atoms with Gasteiger partial charge in [0.15, 0.2) is 12.4 Å². The predicted molar refractivity (Wildman–Crippen MR) is 111 cm³/mol. The molecule has 0 radical (unpaired) electrons. The second-order valence-electron chi connectivity index (χ2n) is 6.72. The van der Waals surface area contributed by atoms with E-state index in [1.165, 1.54) is 0 Å². The van der Waals surface area contributed by atoms with E-state index in [0.29, 0.717) is 28.9 Å². The van der Waals surface area contributed by atoms with Crippen LogP contribution in [0.4, 0.5) is 5.69 Å². The van der Waals surface area contributed by atoms with Crippen LogP contribution in [0.2, 0.25) is 0 Å². The van der Waals surface area contributed by atoms with Crippen LogP contribution in [0.5, 0.6) is 0 Å². The van der Waals surface area contributed by atoms with Crippen LogP contribution >= 0.6 is 0 Å². The van der Waals surface area contributed by atoms with E-state index in [1.807, 2.05) is 6.92 Å². The van der Waals surface area contributed by atoms with E-state index in [0.717, 1.165) is 6.42 Å². The van der Waals surface area contributed by atoms with Crippen LogP contribution in [0.25, 0.3) is 0 Å². The number of Topliss-reactive ketones (excluding diaryl/α,β-unsaturated/α-hetero) is 1. The Labute approximate surface area is 175 Å². The Morgan fingerprint density at radius 2 is 1.63 bits per heavy atom. The number of aryl methyl sites for hydroxylation is 1. The summed E-state index contributed by atoms with van der Waals surface area (Å²) < 4.78 is 10.1. The Hall–Kier alpha value is -3.42. The number of aromatic nitrogens is 1. The van der Waals surface area contributed by atoms with Crippen molar-refractivity contribution in [3.05, 3.63) is 52.3 Å². The van der Waals surface area contributed by atoms with Gasteiger partial charge in [0, 0.05) is 23.4 Å². The number of nitrogens with one attached hydrogen (secondary N) is 2. The summed E-state index contributed by atoms with van der Waals surface area (Å²) in [5, 5.41) is 2.74. The molecule has 0 spiro atoms. The average molecular weight is 414 g/mol. The number of hydrogen-bond acceptors (Lipinski definition) is 6. The second-order valence-corrected chi connectivity index (χ2v) is 6.72. The minimum atomic E-state index is -0.733. The molecule has 0 atom stereocenters. The highest BCUT2D eigenvalue weighted by Crippen LogP contribution is 2.20. The summed E-state index contributed by atoms with van der Waals surface area (Å²) in [6.45, 7) is 6.64. The SMILES string of the molecule is CCCC(=O)Nc1ccc(C(=O)COC(=O)c2[nH]c(C)c(C(=O)OCC)c2C)cc1. The van der Waals surface area contributed by atoms with E-state index in [1.54, 1.807) is 45.0 Å². The highest BCUT2D eigenvalue weighted by Gasteiger charge is 2.24. The van der Waals surface area contributed by atoms with Crippen molar-refractivity contribution in [1.82, 2.24) is 4.98 Å². The molecule has 1 heterocycles. The van der Waals surface area contributed by atoms with Gasteiger partial charge in [-0.1, -0.05) is 6.92 Å². The van der Waals surface area contributed by atoms with Crippen molar-refractivity contribution in [1.29, 1.82) is 0 Å². The normalized spacial score (nSPS) is 10.4. The van der Waals surface area contributed by atoms with Crippen LogP contribution in [0.3, 0.4) is 0 Å². The molecule has 0 aliphatic rings. The Morgan fingerprint density at radius 1 is 0.967 bits per heavy atom. The fourth-order valence-electron chi connectivity index (χ4n) is 2.94. The van der Waals surface area contributed by atoms with E-state index < -0.39 is 18.5 Å². The van der Waals surface area contributed by atoms with Crippen LogP contribution in [0, 0.1) is 13.8 Å². The Bertz CT molecular complexity index is 943. The Balaban J connectivity index is 1.99. The number of amides is 1. The zero-order valence-corrected chi connectivity index (χ0v) is 17.6. The van der Waals surface area contributed by atoms with Crippen molar-refractivity contribution in [2.24, 2.45) is 0 Å². The minimum absolute atomic E-state index is 0.0932. The zero-order valence-electron chi connectivity index (χ0n) is 17.6. The Kier molecular flexibility index (Phi) is 7.91. The van der Waals surface area contributed by atoms with Gasteiger partial charge in [0.05, 0.1) is 12.2 Å². The molecule has 0 saturated heterocycles. The van der Waals surface area contributed by atoms with E-state index in [2.05, 4.69) is 10.3 Å². The second kappa shape index (κ2) is 10.4. The molecule has 2 N–H and O–H groups in total. The largest absolute Gasteiger partial charge is 0.462 e. The minimum Gasteiger partial charge on any atom is -0.462 e. The van der Waals surface area contributed by atoms with Crippen molar-refractivity contribution in [2.75, 3.05) is 18.5 Å². The van der Waals surface area contributed by atoms with Gasteiger partial charge in [0.1, 0.15) is 5.69 Å². The van der Waals surface area contributed by atoms with Gasteiger partial charge in [-0.3, -0.25) is 9.59 Å². The van der Waals surface area contributed by atoms with Gasteiger partial charge >= 0.3 is 11.9 Å². The molecule has 0 bridgehead atoms. The van der Waals surface area contributed by atoms with E-state index in [9.17, 15) is 19.2 Å². The number of benzene rings is 1. The first kappa shape index (κ1) is 22.9. The van der Waals surface area contributed by atoms with Crippen molar-refractivity contribution in [3.63, 3.8) is 0 Å². The number of rotatable bonds is 9. The summed E-state index contributed by atoms with van der Waals surface area (Å²) in [6, 6.07) is 6.35. The third-order valence-electron chi connectivity index (χ3n) is 4.42. The summed E-state index contributed by atoms with van der Waals surface area (Å²) in [5.74, 6) is -1.74. The molecule has 0 saturated carbocycles. The lowest BCUT2D eigenvalue weighted by molar-refractivity contribution is -0.116. The maximum atomic E-state index is 12.4. The molecule has 8 heteroatoms. The fourth-order valence-corrected chi connectivity index (χ4v) is 2.94. The number of hydrogen-bond donors (Lipinski definition) is 2. The van der Waals surface area contributed by atoms with Gasteiger partial charge in [0.2, 0.25) is 5.91 Å². The molecule has 160 valence electrons.